The van der Waals surface area contributed by atoms with Crippen molar-refractivity contribution in [3.05, 3.63) is 53.5 Å². The van der Waals surface area contributed by atoms with Crippen molar-refractivity contribution >= 4 is 5.91 Å². The molecule has 3 heterocycles. The lowest BCUT2D eigenvalue weighted by Crippen LogP contribution is -2.31. The minimum absolute atomic E-state index is 0.123. The molecule has 0 aliphatic carbocycles. The summed E-state index contributed by atoms with van der Waals surface area (Å²) in [6.45, 7) is 4.20. The van der Waals surface area contributed by atoms with E-state index in [0.717, 1.165) is 18.4 Å². The molecule has 1 aliphatic heterocycles. The Labute approximate surface area is 145 Å². The summed E-state index contributed by atoms with van der Waals surface area (Å²) in [7, 11) is 0. The van der Waals surface area contributed by atoms with E-state index in [2.05, 4.69) is 20.2 Å². The number of nitrogens with one attached hydrogen (secondary N) is 1. The highest BCUT2D eigenvalue weighted by Gasteiger charge is 2.35. The number of oxazole rings is 1. The van der Waals surface area contributed by atoms with E-state index in [1.165, 1.54) is 0 Å². The highest BCUT2D eigenvalue weighted by Crippen LogP contribution is 2.32. The second kappa shape index (κ2) is 6.16. The van der Waals surface area contributed by atoms with Crippen molar-refractivity contribution in [3.8, 4) is 11.4 Å². The lowest BCUT2D eigenvalue weighted by atomic mass is 10.2. The van der Waals surface area contributed by atoms with Crippen LogP contribution in [0.4, 0.5) is 0 Å². The Bertz CT molecular complexity index is 899. The molecule has 0 saturated carbocycles. The average Bonchev–Trinajstić information content (AvgIpc) is 3.33. The third-order valence-corrected chi connectivity index (χ3v) is 4.46. The summed E-state index contributed by atoms with van der Waals surface area (Å²) in [5.74, 6) is 2.02. The van der Waals surface area contributed by atoms with Gasteiger partial charge < -0.3 is 9.32 Å². The fourth-order valence-corrected chi connectivity index (χ4v) is 3.29. The van der Waals surface area contributed by atoms with Crippen LogP contribution < -0.4 is 0 Å². The van der Waals surface area contributed by atoms with E-state index in [-0.39, 0.29) is 11.9 Å². The van der Waals surface area contributed by atoms with Gasteiger partial charge in [-0.05, 0) is 19.8 Å². The smallest absolute Gasteiger partial charge is 0.292 e. The van der Waals surface area contributed by atoms with Crippen molar-refractivity contribution in [1.29, 1.82) is 0 Å². The SMILES string of the molecule is Cc1nc(C)c(C(=O)N2CCC[C@H]2c2nc(-c3ccccc3)n[nH]2)o1. The Morgan fingerprint density at radius 2 is 2.04 bits per heavy atom. The molecule has 1 aromatic carbocycles. The molecular weight excluding hydrogens is 318 g/mol. The molecule has 1 fully saturated rings. The Morgan fingerprint density at radius 1 is 1.24 bits per heavy atom. The van der Waals surface area contributed by atoms with Gasteiger partial charge in [-0.3, -0.25) is 9.89 Å². The molecule has 7 nitrogen and oxygen atoms in total. The van der Waals surface area contributed by atoms with E-state index in [9.17, 15) is 4.79 Å². The third-order valence-electron chi connectivity index (χ3n) is 4.46. The molecule has 25 heavy (non-hydrogen) atoms. The van der Waals surface area contributed by atoms with Crippen molar-refractivity contribution in [3.63, 3.8) is 0 Å². The van der Waals surface area contributed by atoms with Gasteiger partial charge in [-0.15, -0.1) is 0 Å². The van der Waals surface area contributed by atoms with E-state index in [4.69, 9.17) is 4.42 Å². The molecule has 4 rings (SSSR count). The van der Waals surface area contributed by atoms with E-state index >= 15 is 0 Å². The first-order chi connectivity index (χ1) is 12.1. The maximum atomic E-state index is 12.9. The third kappa shape index (κ3) is 2.82. The van der Waals surface area contributed by atoms with Crippen LogP contribution in [0.1, 0.15) is 46.8 Å². The number of aromatic nitrogens is 4. The van der Waals surface area contributed by atoms with Gasteiger partial charge in [-0.1, -0.05) is 30.3 Å². The maximum Gasteiger partial charge on any atom is 0.292 e. The molecule has 1 atom stereocenters. The van der Waals surface area contributed by atoms with Crippen LogP contribution in [-0.4, -0.2) is 37.5 Å². The van der Waals surface area contributed by atoms with Gasteiger partial charge in [0.05, 0.1) is 11.7 Å². The molecule has 2 aromatic heterocycles. The Balaban J connectivity index is 1.61. The topological polar surface area (TPSA) is 87.9 Å². The van der Waals surface area contributed by atoms with Crippen LogP contribution in [0.5, 0.6) is 0 Å². The summed E-state index contributed by atoms with van der Waals surface area (Å²) >= 11 is 0. The second-order valence-electron chi connectivity index (χ2n) is 6.21. The molecule has 0 spiro atoms. The van der Waals surface area contributed by atoms with E-state index < -0.39 is 0 Å². The summed E-state index contributed by atoms with van der Waals surface area (Å²) in [5.41, 5.74) is 1.57. The molecule has 7 heteroatoms. The van der Waals surface area contributed by atoms with Crippen LogP contribution in [0.15, 0.2) is 34.7 Å². The van der Waals surface area contributed by atoms with Crippen molar-refractivity contribution in [2.45, 2.75) is 32.7 Å². The van der Waals surface area contributed by atoms with Crippen molar-refractivity contribution < 1.29 is 9.21 Å². The molecule has 128 valence electrons. The maximum absolute atomic E-state index is 12.9. The van der Waals surface area contributed by atoms with Crippen LogP contribution in [0, 0.1) is 13.8 Å². The number of benzene rings is 1. The number of carbonyl (C=O) groups excluding carboxylic acids is 1. The largest absolute Gasteiger partial charge is 0.436 e. The molecule has 0 bridgehead atoms. The summed E-state index contributed by atoms with van der Waals surface area (Å²) in [5, 5.41) is 7.31. The van der Waals surface area contributed by atoms with E-state index in [0.29, 0.717) is 35.5 Å². The molecule has 1 aliphatic rings. The van der Waals surface area contributed by atoms with E-state index in [1.807, 2.05) is 30.3 Å². The monoisotopic (exact) mass is 337 g/mol. The number of amides is 1. The molecule has 0 unspecified atom stereocenters. The lowest BCUT2D eigenvalue weighted by molar-refractivity contribution is 0.0695. The molecule has 0 radical (unpaired) electrons. The van der Waals surface area contributed by atoms with Crippen LogP contribution >= 0.6 is 0 Å². The summed E-state index contributed by atoms with van der Waals surface area (Å²) in [4.78, 5) is 23.5. The Hall–Kier alpha value is -2.96. The van der Waals surface area contributed by atoms with Crippen molar-refractivity contribution in [2.24, 2.45) is 0 Å². The van der Waals surface area contributed by atoms with Crippen LogP contribution in [0.2, 0.25) is 0 Å². The number of rotatable bonds is 3. The van der Waals surface area contributed by atoms with Gasteiger partial charge in [0.2, 0.25) is 5.76 Å². The van der Waals surface area contributed by atoms with Gasteiger partial charge in [0.25, 0.3) is 5.91 Å². The number of likely N-dealkylation sites (tertiary alicyclic amines) is 1. The van der Waals surface area contributed by atoms with Gasteiger partial charge in [-0.2, -0.15) is 5.10 Å². The summed E-state index contributed by atoms with van der Waals surface area (Å²) in [6.07, 6.45) is 1.77. The first-order valence-corrected chi connectivity index (χ1v) is 8.36. The predicted molar refractivity (Wildman–Crippen MR) is 90.8 cm³/mol. The zero-order valence-corrected chi connectivity index (χ0v) is 14.2. The molecule has 1 saturated heterocycles. The Kier molecular flexibility index (Phi) is 3.83. The fraction of sp³-hybridized carbons (Fsp3) is 0.333. The molecule has 1 amide bonds. The second-order valence-corrected chi connectivity index (χ2v) is 6.21. The highest BCUT2D eigenvalue weighted by atomic mass is 16.4. The number of aromatic amines is 1. The highest BCUT2D eigenvalue weighted by molar-refractivity contribution is 5.92. The van der Waals surface area contributed by atoms with Gasteiger partial charge in [0.1, 0.15) is 5.82 Å². The normalized spacial score (nSPS) is 17.2. The Morgan fingerprint density at radius 3 is 2.76 bits per heavy atom. The van der Waals surface area contributed by atoms with Gasteiger partial charge in [-0.25, -0.2) is 9.97 Å². The number of carbonyl (C=O) groups is 1. The summed E-state index contributed by atoms with van der Waals surface area (Å²) < 4.78 is 5.50. The number of H-pyrrole nitrogens is 1. The van der Waals surface area contributed by atoms with Crippen molar-refractivity contribution in [2.75, 3.05) is 6.54 Å². The lowest BCUT2D eigenvalue weighted by Gasteiger charge is -2.21. The summed E-state index contributed by atoms with van der Waals surface area (Å²) in [6, 6.07) is 9.66. The fourth-order valence-electron chi connectivity index (χ4n) is 3.29. The predicted octanol–water partition coefficient (Wildman–Crippen LogP) is 3.05. The van der Waals surface area contributed by atoms with Gasteiger partial charge in [0.15, 0.2) is 11.7 Å². The first kappa shape index (κ1) is 15.6. The number of nitrogens with zero attached hydrogens (tertiary/aromatic N) is 4. The molecule has 3 aromatic rings. The van der Waals surface area contributed by atoms with Crippen LogP contribution in [-0.2, 0) is 0 Å². The zero-order valence-electron chi connectivity index (χ0n) is 14.2. The van der Waals surface area contributed by atoms with Crippen molar-refractivity contribution in [1.82, 2.24) is 25.1 Å². The standard InChI is InChI=1S/C18H19N5O2/c1-11-15(25-12(2)19-11)18(24)23-10-6-9-14(23)17-20-16(21-22-17)13-7-4-3-5-8-13/h3-5,7-8,14H,6,9-10H2,1-2H3,(H,20,21,22)/t14-/m0/s1. The van der Waals surface area contributed by atoms with E-state index in [1.54, 1.807) is 18.7 Å². The number of hydrogen-bond acceptors (Lipinski definition) is 5. The first-order valence-electron chi connectivity index (χ1n) is 8.36. The minimum atomic E-state index is -0.140. The van der Waals surface area contributed by atoms with Gasteiger partial charge in [0, 0.05) is 19.0 Å². The molecular formula is C18H19N5O2. The minimum Gasteiger partial charge on any atom is -0.436 e. The van der Waals surface area contributed by atoms with Crippen LogP contribution in [0.25, 0.3) is 11.4 Å². The van der Waals surface area contributed by atoms with Gasteiger partial charge >= 0.3 is 0 Å². The number of aryl methyl sites for hydroxylation is 2. The number of hydrogen-bond donors (Lipinski definition) is 1. The molecule has 1 N–H and O–H groups in total. The average molecular weight is 337 g/mol. The quantitative estimate of drug-likeness (QED) is 0.793. The van der Waals surface area contributed by atoms with Crippen LogP contribution in [0.3, 0.4) is 0 Å². The zero-order chi connectivity index (χ0) is 17.4.